The summed E-state index contributed by atoms with van der Waals surface area (Å²) in [5.41, 5.74) is 1.78. The zero-order valence-corrected chi connectivity index (χ0v) is 12.7. The summed E-state index contributed by atoms with van der Waals surface area (Å²) >= 11 is 1.58. The minimum atomic E-state index is -0.178. The number of anilines is 1. The maximum atomic E-state index is 11.9. The number of nitrogens with zero attached hydrogens (tertiary/aromatic N) is 1. The Labute approximate surface area is 123 Å². The predicted molar refractivity (Wildman–Crippen MR) is 84.0 cm³/mol. The Morgan fingerprint density at radius 1 is 1.30 bits per heavy atom. The van der Waals surface area contributed by atoms with Crippen molar-refractivity contribution in [3.05, 3.63) is 35.8 Å². The summed E-state index contributed by atoms with van der Waals surface area (Å²) < 4.78 is 0. The average Bonchev–Trinajstić information content (AvgIpc) is 2.92. The summed E-state index contributed by atoms with van der Waals surface area (Å²) in [5, 5.41) is 8.66. The third-order valence-corrected chi connectivity index (χ3v) is 3.98. The van der Waals surface area contributed by atoms with Crippen LogP contribution < -0.4 is 10.6 Å². The number of hydrogen-bond donors (Lipinski definition) is 2. The summed E-state index contributed by atoms with van der Waals surface area (Å²) in [6.45, 7) is 6.15. The lowest BCUT2D eigenvalue weighted by Crippen LogP contribution is -2.38. The first-order chi connectivity index (χ1) is 9.56. The van der Waals surface area contributed by atoms with Crippen LogP contribution in [0.3, 0.4) is 0 Å². The van der Waals surface area contributed by atoms with Crippen molar-refractivity contribution in [1.29, 1.82) is 0 Å². The molecule has 0 bridgehead atoms. The van der Waals surface area contributed by atoms with Crippen LogP contribution >= 0.6 is 11.3 Å². The van der Waals surface area contributed by atoms with E-state index >= 15 is 0 Å². The molecular weight excluding hydrogens is 270 g/mol. The van der Waals surface area contributed by atoms with Crippen LogP contribution in [0.4, 0.5) is 10.5 Å². The van der Waals surface area contributed by atoms with Gasteiger partial charge in [0.15, 0.2) is 0 Å². The van der Waals surface area contributed by atoms with Crippen molar-refractivity contribution in [3.8, 4) is 10.6 Å². The minimum absolute atomic E-state index is 0.136. The average molecular weight is 289 g/mol. The molecule has 0 fully saturated rings. The first-order valence-electron chi connectivity index (χ1n) is 6.63. The molecule has 0 aliphatic heterocycles. The van der Waals surface area contributed by atoms with Crippen molar-refractivity contribution in [2.24, 2.45) is 5.92 Å². The summed E-state index contributed by atoms with van der Waals surface area (Å²) in [5.74, 6) is 0.405. The van der Waals surface area contributed by atoms with Crippen LogP contribution in [0.2, 0.25) is 0 Å². The van der Waals surface area contributed by atoms with Gasteiger partial charge in [-0.1, -0.05) is 26.0 Å². The molecule has 1 heterocycles. The molecule has 1 aromatic heterocycles. The normalized spacial score (nSPS) is 12.2. The summed E-state index contributed by atoms with van der Waals surface area (Å²) in [6.07, 6.45) is 1.77. The number of aromatic nitrogens is 1. The Balaban J connectivity index is 2.03. The van der Waals surface area contributed by atoms with Crippen molar-refractivity contribution >= 4 is 23.1 Å². The maximum absolute atomic E-state index is 11.9. The molecule has 4 nitrogen and oxygen atoms in total. The number of hydrogen-bond acceptors (Lipinski definition) is 3. The second-order valence-electron chi connectivity index (χ2n) is 5.05. The van der Waals surface area contributed by atoms with Gasteiger partial charge in [-0.2, -0.15) is 0 Å². The number of rotatable bonds is 4. The standard InChI is InChI=1S/C15H19N3OS/c1-10(2)11(3)17-15(19)18-13-6-4-5-12(9-13)14-16-7-8-20-14/h4-11H,1-3H3,(H2,17,18,19). The number of carbonyl (C=O) groups is 1. The van der Waals surface area contributed by atoms with E-state index in [1.165, 1.54) is 0 Å². The molecule has 2 amide bonds. The van der Waals surface area contributed by atoms with Gasteiger partial charge >= 0.3 is 6.03 Å². The zero-order chi connectivity index (χ0) is 14.5. The summed E-state index contributed by atoms with van der Waals surface area (Å²) in [6, 6.07) is 7.66. The Morgan fingerprint density at radius 3 is 2.75 bits per heavy atom. The quantitative estimate of drug-likeness (QED) is 0.894. The monoisotopic (exact) mass is 289 g/mol. The first kappa shape index (κ1) is 14.5. The zero-order valence-electron chi connectivity index (χ0n) is 11.9. The molecular formula is C15H19N3OS. The fourth-order valence-corrected chi connectivity index (χ4v) is 2.27. The molecule has 20 heavy (non-hydrogen) atoms. The molecule has 0 saturated carbocycles. The lowest BCUT2D eigenvalue weighted by atomic mass is 10.1. The molecule has 2 N–H and O–H groups in total. The van der Waals surface area contributed by atoms with Crippen LogP contribution in [0.1, 0.15) is 20.8 Å². The molecule has 2 rings (SSSR count). The molecule has 0 saturated heterocycles. The van der Waals surface area contributed by atoms with E-state index < -0.39 is 0 Å². The van der Waals surface area contributed by atoms with Crippen LogP contribution in [0.5, 0.6) is 0 Å². The van der Waals surface area contributed by atoms with Gasteiger partial charge in [0.25, 0.3) is 0 Å². The van der Waals surface area contributed by atoms with Crippen molar-refractivity contribution in [3.63, 3.8) is 0 Å². The maximum Gasteiger partial charge on any atom is 0.319 e. The van der Waals surface area contributed by atoms with E-state index in [-0.39, 0.29) is 12.1 Å². The van der Waals surface area contributed by atoms with Gasteiger partial charge in [0.05, 0.1) is 0 Å². The smallest absolute Gasteiger partial charge is 0.319 e. The van der Waals surface area contributed by atoms with Gasteiger partial charge in [0.1, 0.15) is 5.01 Å². The fraction of sp³-hybridized carbons (Fsp3) is 0.333. The minimum Gasteiger partial charge on any atom is -0.335 e. The summed E-state index contributed by atoms with van der Waals surface area (Å²) in [4.78, 5) is 16.2. The van der Waals surface area contributed by atoms with E-state index in [4.69, 9.17) is 0 Å². The van der Waals surface area contributed by atoms with Crippen molar-refractivity contribution < 1.29 is 4.79 Å². The predicted octanol–water partition coefficient (Wildman–Crippen LogP) is 3.98. The molecule has 1 unspecified atom stereocenters. The summed E-state index contributed by atoms with van der Waals surface area (Å²) in [7, 11) is 0. The molecule has 0 aliphatic carbocycles. The SMILES string of the molecule is CC(C)C(C)NC(=O)Nc1cccc(-c2nccs2)c1. The fourth-order valence-electron chi connectivity index (χ4n) is 1.64. The lowest BCUT2D eigenvalue weighted by molar-refractivity contribution is 0.246. The molecule has 0 spiro atoms. The molecule has 106 valence electrons. The second-order valence-corrected chi connectivity index (χ2v) is 5.94. The Bertz CT molecular complexity index is 566. The first-order valence-corrected chi connectivity index (χ1v) is 7.51. The van der Waals surface area contributed by atoms with E-state index in [9.17, 15) is 4.79 Å². The van der Waals surface area contributed by atoms with Gasteiger partial charge in [0.2, 0.25) is 0 Å². The molecule has 1 atom stereocenters. The van der Waals surface area contributed by atoms with Gasteiger partial charge in [0, 0.05) is 28.9 Å². The van der Waals surface area contributed by atoms with Crippen molar-refractivity contribution in [1.82, 2.24) is 10.3 Å². The van der Waals surface area contributed by atoms with Crippen LogP contribution in [-0.4, -0.2) is 17.1 Å². The van der Waals surface area contributed by atoms with Crippen LogP contribution in [0.15, 0.2) is 35.8 Å². The van der Waals surface area contributed by atoms with E-state index in [1.54, 1.807) is 17.5 Å². The molecule has 2 aromatic rings. The van der Waals surface area contributed by atoms with Crippen LogP contribution in [0.25, 0.3) is 10.6 Å². The number of benzene rings is 1. The van der Waals surface area contributed by atoms with Gasteiger partial charge < -0.3 is 10.6 Å². The van der Waals surface area contributed by atoms with Gasteiger partial charge in [-0.3, -0.25) is 0 Å². The van der Waals surface area contributed by atoms with Crippen molar-refractivity contribution in [2.45, 2.75) is 26.8 Å². The second kappa shape index (κ2) is 6.52. The van der Waals surface area contributed by atoms with E-state index in [0.29, 0.717) is 5.92 Å². The van der Waals surface area contributed by atoms with E-state index in [0.717, 1.165) is 16.3 Å². The highest BCUT2D eigenvalue weighted by molar-refractivity contribution is 7.13. The third kappa shape index (κ3) is 3.81. The number of nitrogens with one attached hydrogen (secondary N) is 2. The Morgan fingerprint density at radius 2 is 2.10 bits per heavy atom. The van der Waals surface area contributed by atoms with Crippen LogP contribution in [0, 0.1) is 5.92 Å². The molecule has 0 aliphatic rings. The van der Waals surface area contributed by atoms with E-state index in [2.05, 4.69) is 29.5 Å². The largest absolute Gasteiger partial charge is 0.335 e. The number of carbonyl (C=O) groups excluding carboxylic acids is 1. The Kier molecular flexibility index (Phi) is 4.74. The highest BCUT2D eigenvalue weighted by Crippen LogP contribution is 2.24. The molecule has 5 heteroatoms. The third-order valence-electron chi connectivity index (χ3n) is 3.16. The number of urea groups is 1. The van der Waals surface area contributed by atoms with Crippen LogP contribution in [-0.2, 0) is 0 Å². The number of amides is 2. The Hall–Kier alpha value is -1.88. The highest BCUT2D eigenvalue weighted by atomic mass is 32.1. The van der Waals surface area contributed by atoms with E-state index in [1.807, 2.05) is 36.6 Å². The van der Waals surface area contributed by atoms with Gasteiger partial charge in [-0.15, -0.1) is 11.3 Å². The van der Waals surface area contributed by atoms with Gasteiger partial charge in [-0.25, -0.2) is 9.78 Å². The topological polar surface area (TPSA) is 54.0 Å². The van der Waals surface area contributed by atoms with Gasteiger partial charge in [-0.05, 0) is 25.0 Å². The molecule has 0 radical (unpaired) electrons. The lowest BCUT2D eigenvalue weighted by Gasteiger charge is -2.17. The molecule has 1 aromatic carbocycles. The van der Waals surface area contributed by atoms with Crippen molar-refractivity contribution in [2.75, 3.05) is 5.32 Å². The number of thiazole rings is 1. The highest BCUT2D eigenvalue weighted by Gasteiger charge is 2.11.